The van der Waals surface area contributed by atoms with Crippen molar-refractivity contribution in [1.29, 1.82) is 0 Å². The molecule has 4 nitrogen and oxygen atoms in total. The zero-order valence-corrected chi connectivity index (χ0v) is 10.7. The lowest BCUT2D eigenvalue weighted by atomic mass is 10.1. The van der Waals surface area contributed by atoms with Crippen molar-refractivity contribution in [1.82, 2.24) is 4.72 Å². The van der Waals surface area contributed by atoms with E-state index in [4.69, 9.17) is 0 Å². The molecule has 14 heavy (non-hydrogen) atoms. The van der Waals surface area contributed by atoms with Gasteiger partial charge in [0.2, 0.25) is 10.0 Å². The molecule has 1 unspecified atom stereocenters. The molecule has 0 heterocycles. The molecule has 0 saturated heterocycles. The quantitative estimate of drug-likeness (QED) is 0.707. The second kappa shape index (κ2) is 5.34. The van der Waals surface area contributed by atoms with Crippen LogP contribution in [0.1, 0.15) is 20.8 Å². The van der Waals surface area contributed by atoms with Crippen LogP contribution in [0.25, 0.3) is 0 Å². The molecule has 1 atom stereocenters. The average molecular weight is 241 g/mol. The van der Waals surface area contributed by atoms with E-state index in [9.17, 15) is 13.5 Å². The van der Waals surface area contributed by atoms with Crippen LogP contribution in [0.5, 0.6) is 0 Å². The monoisotopic (exact) mass is 241 g/mol. The predicted octanol–water partition coefficient (Wildman–Crippen LogP) is 0.428. The first kappa shape index (κ1) is 14.2. The first-order valence-electron chi connectivity index (χ1n) is 4.41. The Kier molecular flexibility index (Phi) is 5.43. The molecule has 0 aromatic carbocycles. The second-order valence-electron chi connectivity index (χ2n) is 3.84. The van der Waals surface area contributed by atoms with Crippen LogP contribution in [0.2, 0.25) is 0 Å². The first-order chi connectivity index (χ1) is 6.21. The van der Waals surface area contributed by atoms with Crippen LogP contribution >= 0.6 is 11.8 Å². The summed E-state index contributed by atoms with van der Waals surface area (Å²) < 4.78 is 25.1. The van der Waals surface area contributed by atoms with E-state index in [1.54, 1.807) is 20.8 Å². The SMILES string of the molecule is CSCC(C)(O)CNS(=O)(=O)C(C)C. The van der Waals surface area contributed by atoms with E-state index < -0.39 is 20.9 Å². The minimum absolute atomic E-state index is 0.0638. The van der Waals surface area contributed by atoms with E-state index in [-0.39, 0.29) is 6.54 Å². The molecule has 0 aliphatic rings. The van der Waals surface area contributed by atoms with Crippen molar-refractivity contribution >= 4 is 21.8 Å². The van der Waals surface area contributed by atoms with Crippen LogP contribution in [0.15, 0.2) is 0 Å². The van der Waals surface area contributed by atoms with Crippen molar-refractivity contribution in [3.8, 4) is 0 Å². The molecule has 0 saturated carbocycles. The fraction of sp³-hybridized carbons (Fsp3) is 1.00. The summed E-state index contributed by atoms with van der Waals surface area (Å²) in [6.45, 7) is 4.89. The van der Waals surface area contributed by atoms with E-state index in [1.165, 1.54) is 11.8 Å². The van der Waals surface area contributed by atoms with Gasteiger partial charge in [0.1, 0.15) is 0 Å². The summed E-state index contributed by atoms with van der Waals surface area (Å²) in [5.74, 6) is 0.508. The molecule has 0 rings (SSSR count). The minimum atomic E-state index is -3.27. The molecule has 0 fully saturated rings. The van der Waals surface area contributed by atoms with E-state index in [0.717, 1.165) is 0 Å². The van der Waals surface area contributed by atoms with Gasteiger partial charge in [-0.2, -0.15) is 11.8 Å². The molecular weight excluding hydrogens is 222 g/mol. The smallest absolute Gasteiger partial charge is 0.214 e. The molecule has 0 aliphatic carbocycles. The van der Waals surface area contributed by atoms with E-state index in [2.05, 4.69) is 4.72 Å². The maximum absolute atomic E-state index is 11.4. The van der Waals surface area contributed by atoms with Gasteiger partial charge in [-0.3, -0.25) is 0 Å². The summed E-state index contributed by atoms with van der Waals surface area (Å²) in [4.78, 5) is 0. The fourth-order valence-corrected chi connectivity index (χ4v) is 2.35. The molecule has 0 aromatic rings. The highest BCUT2D eigenvalue weighted by molar-refractivity contribution is 7.98. The summed E-state index contributed by atoms with van der Waals surface area (Å²) in [7, 11) is -3.27. The van der Waals surface area contributed by atoms with Gasteiger partial charge in [0.15, 0.2) is 0 Å². The molecule has 0 spiro atoms. The third-order valence-corrected chi connectivity index (χ3v) is 4.43. The van der Waals surface area contributed by atoms with E-state index >= 15 is 0 Å². The number of rotatable bonds is 6. The molecule has 86 valence electrons. The van der Waals surface area contributed by atoms with Gasteiger partial charge in [-0.25, -0.2) is 13.1 Å². The predicted molar refractivity (Wildman–Crippen MR) is 61.1 cm³/mol. The molecule has 0 radical (unpaired) electrons. The zero-order valence-electron chi connectivity index (χ0n) is 9.07. The maximum Gasteiger partial charge on any atom is 0.214 e. The van der Waals surface area contributed by atoms with Crippen LogP contribution in [0.4, 0.5) is 0 Å². The van der Waals surface area contributed by atoms with E-state index in [0.29, 0.717) is 5.75 Å². The van der Waals surface area contributed by atoms with E-state index in [1.807, 2.05) is 6.26 Å². The summed E-state index contributed by atoms with van der Waals surface area (Å²) >= 11 is 1.48. The molecule has 2 N–H and O–H groups in total. The van der Waals surface area contributed by atoms with Crippen LogP contribution in [0, 0.1) is 0 Å². The number of hydrogen-bond donors (Lipinski definition) is 2. The van der Waals surface area contributed by atoms with Gasteiger partial charge in [0.05, 0.1) is 10.9 Å². The number of hydrogen-bond acceptors (Lipinski definition) is 4. The Labute approximate surface area is 90.5 Å². The lowest BCUT2D eigenvalue weighted by molar-refractivity contribution is 0.0908. The standard InChI is InChI=1S/C8H19NO3S2/c1-7(2)14(11,12)9-5-8(3,10)6-13-4/h7,9-10H,5-6H2,1-4H3. The summed E-state index contributed by atoms with van der Waals surface area (Å²) in [6, 6.07) is 0. The summed E-state index contributed by atoms with van der Waals surface area (Å²) in [6.07, 6.45) is 1.87. The van der Waals surface area contributed by atoms with Crippen LogP contribution in [-0.2, 0) is 10.0 Å². The van der Waals surface area contributed by atoms with Crippen molar-refractivity contribution in [3.05, 3.63) is 0 Å². The van der Waals surface area contributed by atoms with Crippen LogP contribution in [0.3, 0.4) is 0 Å². The normalized spacial score (nSPS) is 17.0. The Hall–Kier alpha value is 0.220. The molecule has 0 bridgehead atoms. The third kappa shape index (κ3) is 5.19. The molecule has 0 aliphatic heterocycles. The van der Waals surface area contributed by atoms with Crippen LogP contribution < -0.4 is 4.72 Å². The number of sulfonamides is 1. The Morgan fingerprint density at radius 1 is 1.50 bits per heavy atom. The van der Waals surface area contributed by atoms with Gasteiger partial charge in [-0.15, -0.1) is 0 Å². The largest absolute Gasteiger partial charge is 0.388 e. The van der Waals surface area contributed by atoms with Crippen molar-refractivity contribution in [3.63, 3.8) is 0 Å². The lowest BCUT2D eigenvalue weighted by Crippen LogP contribution is -2.44. The van der Waals surface area contributed by atoms with Crippen LogP contribution in [-0.4, -0.2) is 42.9 Å². The minimum Gasteiger partial charge on any atom is -0.388 e. The van der Waals surface area contributed by atoms with Gasteiger partial charge < -0.3 is 5.11 Å². The lowest BCUT2D eigenvalue weighted by Gasteiger charge is -2.23. The summed E-state index contributed by atoms with van der Waals surface area (Å²) in [5.41, 5.74) is -0.985. The third-order valence-electron chi connectivity index (χ3n) is 1.73. The Morgan fingerprint density at radius 2 is 2.00 bits per heavy atom. The highest BCUT2D eigenvalue weighted by atomic mass is 32.2. The van der Waals surface area contributed by atoms with Gasteiger partial charge in [0, 0.05) is 12.3 Å². The topological polar surface area (TPSA) is 66.4 Å². The van der Waals surface area contributed by atoms with Gasteiger partial charge >= 0.3 is 0 Å². The number of nitrogens with one attached hydrogen (secondary N) is 1. The van der Waals surface area contributed by atoms with Gasteiger partial charge in [0.25, 0.3) is 0 Å². The molecule has 0 amide bonds. The number of aliphatic hydroxyl groups is 1. The fourth-order valence-electron chi connectivity index (χ4n) is 0.785. The first-order valence-corrected chi connectivity index (χ1v) is 7.35. The summed E-state index contributed by atoms with van der Waals surface area (Å²) in [5, 5.41) is 9.25. The van der Waals surface area contributed by atoms with Gasteiger partial charge in [-0.05, 0) is 27.0 Å². The van der Waals surface area contributed by atoms with Crippen molar-refractivity contribution in [2.24, 2.45) is 0 Å². The average Bonchev–Trinajstić information content (AvgIpc) is 2.01. The molecular formula is C8H19NO3S2. The van der Waals surface area contributed by atoms with Gasteiger partial charge in [-0.1, -0.05) is 0 Å². The van der Waals surface area contributed by atoms with Crippen molar-refractivity contribution < 1.29 is 13.5 Å². The Morgan fingerprint density at radius 3 is 2.36 bits per heavy atom. The molecule has 0 aromatic heterocycles. The Bertz CT molecular complexity index is 260. The highest BCUT2D eigenvalue weighted by Crippen LogP contribution is 2.10. The molecule has 6 heteroatoms. The number of thioether (sulfide) groups is 1. The zero-order chi connectivity index (χ0) is 11.4. The second-order valence-corrected chi connectivity index (χ2v) is 7.03. The van der Waals surface area contributed by atoms with Crippen molar-refractivity contribution in [2.45, 2.75) is 31.6 Å². The Balaban J connectivity index is 4.19. The van der Waals surface area contributed by atoms with Crippen molar-refractivity contribution in [2.75, 3.05) is 18.6 Å². The maximum atomic E-state index is 11.4. The highest BCUT2D eigenvalue weighted by Gasteiger charge is 2.24.